The van der Waals surface area contributed by atoms with Crippen LogP contribution in [-0.4, -0.2) is 12.3 Å². The first-order valence-electron chi connectivity index (χ1n) is 7.55. The third-order valence-electron chi connectivity index (χ3n) is 4.35. The molecule has 1 N–H and O–H groups in total. The summed E-state index contributed by atoms with van der Waals surface area (Å²) >= 11 is 0. The summed E-state index contributed by atoms with van der Waals surface area (Å²) in [6, 6.07) is 12.4. The van der Waals surface area contributed by atoms with Gasteiger partial charge in [0, 0.05) is 18.5 Å². The fraction of sp³-hybridized carbons (Fsp3) is 0.316. The zero-order valence-corrected chi connectivity index (χ0v) is 12.7. The Hall–Kier alpha value is -1.93. The number of rotatable bonds is 3. The molecule has 2 aromatic carbocycles. The summed E-state index contributed by atoms with van der Waals surface area (Å²) < 4.78 is 0. The summed E-state index contributed by atoms with van der Waals surface area (Å²) in [6.07, 6.45) is 1.54. The fourth-order valence-electron chi connectivity index (χ4n) is 2.85. The summed E-state index contributed by atoms with van der Waals surface area (Å²) in [6.45, 7) is 6.09. The van der Waals surface area contributed by atoms with Crippen LogP contribution in [0.25, 0.3) is 0 Å². The molecule has 0 amide bonds. The van der Waals surface area contributed by atoms with Crippen LogP contribution >= 0.6 is 0 Å². The van der Waals surface area contributed by atoms with Gasteiger partial charge in [-0.05, 0) is 60.7 Å². The number of fused-ring (bicyclic) bond motifs is 1. The van der Waals surface area contributed by atoms with Crippen LogP contribution < -0.4 is 5.32 Å². The van der Waals surface area contributed by atoms with Gasteiger partial charge in [0.25, 0.3) is 0 Å². The van der Waals surface area contributed by atoms with Crippen molar-refractivity contribution in [3.05, 3.63) is 69.8 Å². The van der Waals surface area contributed by atoms with Crippen molar-refractivity contribution >= 4 is 5.78 Å². The molecule has 0 unspecified atom stereocenters. The quantitative estimate of drug-likeness (QED) is 0.873. The number of hydrogen-bond acceptors (Lipinski definition) is 2. The highest BCUT2D eigenvalue weighted by molar-refractivity contribution is 5.97. The van der Waals surface area contributed by atoms with E-state index in [9.17, 15) is 4.79 Å². The number of Topliss-reactive ketones (excluding diaryl/α,β-unsaturated/α-hetero) is 1. The standard InChI is InChI=1S/C19H21NO/c1-13-3-4-15(9-14(13)2)10-19(21)17-6-5-16-7-8-20-12-18(16)11-17/h3-6,9,11,20H,7-8,10,12H2,1-2H3. The molecule has 1 heterocycles. The lowest BCUT2D eigenvalue weighted by molar-refractivity contribution is 0.0993. The summed E-state index contributed by atoms with van der Waals surface area (Å²) in [5, 5.41) is 3.36. The van der Waals surface area contributed by atoms with Gasteiger partial charge in [0.2, 0.25) is 0 Å². The van der Waals surface area contributed by atoms with Crippen LogP contribution in [0.2, 0.25) is 0 Å². The molecule has 0 saturated carbocycles. The Bertz CT molecular complexity index is 688. The highest BCUT2D eigenvalue weighted by atomic mass is 16.1. The molecule has 2 aromatic rings. The number of aryl methyl sites for hydroxylation is 2. The largest absolute Gasteiger partial charge is 0.312 e. The number of carbonyl (C=O) groups excluding carboxylic acids is 1. The number of carbonyl (C=O) groups is 1. The highest BCUT2D eigenvalue weighted by Gasteiger charge is 2.13. The van der Waals surface area contributed by atoms with E-state index in [4.69, 9.17) is 0 Å². The molecule has 3 rings (SSSR count). The maximum Gasteiger partial charge on any atom is 0.167 e. The topological polar surface area (TPSA) is 29.1 Å². The van der Waals surface area contributed by atoms with Crippen molar-refractivity contribution in [1.29, 1.82) is 0 Å². The van der Waals surface area contributed by atoms with E-state index in [0.717, 1.165) is 30.6 Å². The molecular weight excluding hydrogens is 258 g/mol. The predicted molar refractivity (Wildman–Crippen MR) is 85.8 cm³/mol. The lowest BCUT2D eigenvalue weighted by Crippen LogP contribution is -2.23. The van der Waals surface area contributed by atoms with Crippen molar-refractivity contribution in [2.24, 2.45) is 0 Å². The molecule has 1 aliphatic rings. The minimum absolute atomic E-state index is 0.201. The number of nitrogens with one attached hydrogen (secondary N) is 1. The summed E-state index contributed by atoms with van der Waals surface area (Å²) in [5.74, 6) is 0.201. The van der Waals surface area contributed by atoms with Gasteiger partial charge in [-0.15, -0.1) is 0 Å². The molecule has 0 atom stereocenters. The minimum Gasteiger partial charge on any atom is -0.312 e. The van der Waals surface area contributed by atoms with Crippen molar-refractivity contribution in [3.63, 3.8) is 0 Å². The Kier molecular flexibility index (Phi) is 3.89. The van der Waals surface area contributed by atoms with Gasteiger partial charge in [0.05, 0.1) is 0 Å². The van der Waals surface area contributed by atoms with Gasteiger partial charge in [-0.3, -0.25) is 4.79 Å². The molecule has 0 fully saturated rings. The van der Waals surface area contributed by atoms with E-state index >= 15 is 0 Å². The van der Waals surface area contributed by atoms with Crippen LogP contribution in [0.3, 0.4) is 0 Å². The smallest absolute Gasteiger partial charge is 0.167 e. The summed E-state index contributed by atoms with van der Waals surface area (Å²) in [7, 11) is 0. The van der Waals surface area contributed by atoms with Crippen LogP contribution in [0.1, 0.15) is 38.2 Å². The second kappa shape index (κ2) is 5.82. The Balaban J connectivity index is 1.80. The Morgan fingerprint density at radius 2 is 1.90 bits per heavy atom. The van der Waals surface area contributed by atoms with Gasteiger partial charge in [0.1, 0.15) is 0 Å². The Labute approximate surface area is 126 Å². The molecule has 2 nitrogen and oxygen atoms in total. The third-order valence-corrected chi connectivity index (χ3v) is 4.35. The number of benzene rings is 2. The molecule has 108 valence electrons. The molecule has 0 radical (unpaired) electrons. The van der Waals surface area contributed by atoms with Gasteiger partial charge in [-0.2, -0.15) is 0 Å². The van der Waals surface area contributed by atoms with E-state index in [1.807, 2.05) is 6.07 Å². The monoisotopic (exact) mass is 279 g/mol. The van der Waals surface area contributed by atoms with Crippen LogP contribution in [0.5, 0.6) is 0 Å². The van der Waals surface area contributed by atoms with Gasteiger partial charge in [-0.1, -0.05) is 30.3 Å². The predicted octanol–water partition coefficient (Wildman–Crippen LogP) is 3.37. The van der Waals surface area contributed by atoms with E-state index in [1.54, 1.807) is 0 Å². The van der Waals surface area contributed by atoms with E-state index in [-0.39, 0.29) is 5.78 Å². The normalized spacial score (nSPS) is 13.8. The van der Waals surface area contributed by atoms with Gasteiger partial charge in [0.15, 0.2) is 5.78 Å². The molecule has 2 heteroatoms. The summed E-state index contributed by atoms with van der Waals surface area (Å²) in [4.78, 5) is 12.5. The second-order valence-corrected chi connectivity index (χ2v) is 5.93. The maximum absolute atomic E-state index is 12.5. The Morgan fingerprint density at radius 3 is 2.71 bits per heavy atom. The Morgan fingerprint density at radius 1 is 1.05 bits per heavy atom. The molecule has 21 heavy (non-hydrogen) atoms. The van der Waals surface area contributed by atoms with E-state index in [2.05, 4.69) is 49.5 Å². The number of ketones is 1. The van der Waals surface area contributed by atoms with Crippen LogP contribution in [-0.2, 0) is 19.4 Å². The van der Waals surface area contributed by atoms with E-state index < -0.39 is 0 Å². The zero-order chi connectivity index (χ0) is 14.8. The van der Waals surface area contributed by atoms with Crippen molar-refractivity contribution in [1.82, 2.24) is 5.32 Å². The second-order valence-electron chi connectivity index (χ2n) is 5.93. The molecule has 0 aromatic heterocycles. The lowest BCUT2D eigenvalue weighted by atomic mass is 9.94. The lowest BCUT2D eigenvalue weighted by Gasteiger charge is -2.17. The average Bonchev–Trinajstić information content (AvgIpc) is 2.50. The van der Waals surface area contributed by atoms with Crippen molar-refractivity contribution in [3.8, 4) is 0 Å². The van der Waals surface area contributed by atoms with Crippen molar-refractivity contribution in [2.75, 3.05) is 6.54 Å². The van der Waals surface area contributed by atoms with Crippen LogP contribution in [0, 0.1) is 13.8 Å². The fourth-order valence-corrected chi connectivity index (χ4v) is 2.85. The van der Waals surface area contributed by atoms with Gasteiger partial charge < -0.3 is 5.32 Å². The van der Waals surface area contributed by atoms with Crippen molar-refractivity contribution in [2.45, 2.75) is 33.2 Å². The van der Waals surface area contributed by atoms with Gasteiger partial charge in [-0.25, -0.2) is 0 Å². The molecule has 0 spiro atoms. The first-order chi connectivity index (χ1) is 10.1. The minimum atomic E-state index is 0.201. The third kappa shape index (κ3) is 3.06. The van der Waals surface area contributed by atoms with Gasteiger partial charge >= 0.3 is 0 Å². The molecule has 0 bridgehead atoms. The molecular formula is C19H21NO. The molecule has 1 aliphatic heterocycles. The van der Waals surface area contributed by atoms with Crippen LogP contribution in [0.15, 0.2) is 36.4 Å². The number of hydrogen-bond donors (Lipinski definition) is 1. The van der Waals surface area contributed by atoms with Crippen molar-refractivity contribution < 1.29 is 4.79 Å². The van der Waals surface area contributed by atoms with E-state index in [0.29, 0.717) is 6.42 Å². The summed E-state index contributed by atoms with van der Waals surface area (Å²) in [5.41, 5.74) is 7.08. The SMILES string of the molecule is Cc1ccc(CC(=O)c2ccc3c(c2)CNCC3)cc1C. The van der Waals surface area contributed by atoms with E-state index in [1.165, 1.54) is 22.3 Å². The molecule has 0 aliphatic carbocycles. The average molecular weight is 279 g/mol. The molecule has 0 saturated heterocycles. The van der Waals surface area contributed by atoms with Crippen LogP contribution in [0.4, 0.5) is 0 Å². The zero-order valence-electron chi connectivity index (χ0n) is 12.7. The highest BCUT2D eigenvalue weighted by Crippen LogP contribution is 2.18. The first-order valence-corrected chi connectivity index (χ1v) is 7.55. The first kappa shape index (κ1) is 14.0. The maximum atomic E-state index is 12.5.